The van der Waals surface area contributed by atoms with Crippen molar-refractivity contribution in [2.75, 3.05) is 11.5 Å². The van der Waals surface area contributed by atoms with Gasteiger partial charge in [0.2, 0.25) is 5.75 Å². The molecule has 0 radical (unpaired) electrons. The largest absolute Gasteiger partial charge is 0.474 e. The number of terminal acetylenes is 1. The van der Waals surface area contributed by atoms with Gasteiger partial charge in [-0.1, -0.05) is 5.92 Å². The number of ether oxygens (including phenoxy) is 1. The van der Waals surface area contributed by atoms with Crippen LogP contribution in [-0.2, 0) is 9.59 Å². The number of hydrogen-bond donors (Lipinski definition) is 0. The van der Waals surface area contributed by atoms with Crippen molar-refractivity contribution in [1.82, 2.24) is 0 Å². The van der Waals surface area contributed by atoms with Crippen LogP contribution in [0, 0.1) is 28.3 Å². The number of halogens is 1. The number of anilines is 1. The first-order valence-corrected chi connectivity index (χ1v) is 7.60. The second-order valence-electron chi connectivity index (χ2n) is 5.63. The predicted octanol–water partition coefficient (Wildman–Crippen LogP) is 2.49. The minimum Gasteiger partial charge on any atom is -0.474 e. The SMILES string of the molecule is C#CCOc1cc(N2C(=O)C3=C(CCCC3)C2=O)c(F)cc1[N+](=O)[O-]. The van der Waals surface area contributed by atoms with Gasteiger partial charge in [-0.25, -0.2) is 9.29 Å². The molecular weight excluding hydrogens is 331 g/mol. The molecule has 1 aliphatic heterocycles. The molecule has 0 spiro atoms. The highest BCUT2D eigenvalue weighted by Gasteiger charge is 2.41. The van der Waals surface area contributed by atoms with Crippen LogP contribution in [0.5, 0.6) is 5.75 Å². The quantitative estimate of drug-likeness (QED) is 0.362. The van der Waals surface area contributed by atoms with E-state index in [1.54, 1.807) is 0 Å². The number of nitrogens with zero attached hydrogens (tertiary/aromatic N) is 2. The summed E-state index contributed by atoms with van der Waals surface area (Å²) in [6.07, 6.45) is 7.56. The van der Waals surface area contributed by atoms with Crippen molar-refractivity contribution in [2.45, 2.75) is 25.7 Å². The number of imide groups is 1. The molecule has 0 bridgehead atoms. The van der Waals surface area contributed by atoms with Crippen LogP contribution in [0.2, 0.25) is 0 Å². The number of benzene rings is 1. The first-order chi connectivity index (χ1) is 12.0. The van der Waals surface area contributed by atoms with Crippen molar-refractivity contribution in [1.29, 1.82) is 0 Å². The maximum Gasteiger partial charge on any atom is 0.314 e. The van der Waals surface area contributed by atoms with Gasteiger partial charge < -0.3 is 4.74 Å². The number of nitro groups is 1. The Hall–Kier alpha value is -3.21. The Morgan fingerprint density at radius 1 is 1.24 bits per heavy atom. The van der Waals surface area contributed by atoms with Crippen LogP contribution in [0.25, 0.3) is 0 Å². The van der Waals surface area contributed by atoms with Crippen LogP contribution >= 0.6 is 0 Å². The summed E-state index contributed by atoms with van der Waals surface area (Å²) in [5.41, 5.74) is -0.226. The fourth-order valence-electron chi connectivity index (χ4n) is 3.04. The fourth-order valence-corrected chi connectivity index (χ4v) is 3.04. The number of carbonyl (C=O) groups is 2. The van der Waals surface area contributed by atoms with Crippen LogP contribution in [0.1, 0.15) is 25.7 Å². The highest BCUT2D eigenvalue weighted by molar-refractivity contribution is 6.33. The lowest BCUT2D eigenvalue weighted by molar-refractivity contribution is -0.386. The van der Waals surface area contributed by atoms with E-state index in [0.29, 0.717) is 30.1 Å². The Labute approximate surface area is 142 Å². The Morgan fingerprint density at radius 2 is 1.84 bits per heavy atom. The van der Waals surface area contributed by atoms with E-state index in [0.717, 1.165) is 23.8 Å². The molecule has 0 unspecified atom stereocenters. The molecule has 128 valence electrons. The molecule has 0 aromatic heterocycles. The first kappa shape index (κ1) is 16.6. The van der Waals surface area contributed by atoms with E-state index in [2.05, 4.69) is 5.92 Å². The van der Waals surface area contributed by atoms with Crippen molar-refractivity contribution >= 4 is 23.2 Å². The molecule has 8 heteroatoms. The topological polar surface area (TPSA) is 89.8 Å². The zero-order chi connectivity index (χ0) is 18.1. The van der Waals surface area contributed by atoms with Crippen LogP contribution in [-0.4, -0.2) is 23.3 Å². The zero-order valence-electron chi connectivity index (χ0n) is 13.1. The molecule has 1 aliphatic carbocycles. The lowest BCUT2D eigenvalue weighted by Crippen LogP contribution is -2.32. The summed E-state index contributed by atoms with van der Waals surface area (Å²) in [6, 6.07) is 1.60. The van der Waals surface area contributed by atoms with Crippen molar-refractivity contribution in [3.63, 3.8) is 0 Å². The lowest BCUT2D eigenvalue weighted by Gasteiger charge is -2.17. The van der Waals surface area contributed by atoms with Gasteiger partial charge in [0.1, 0.15) is 6.61 Å². The maximum atomic E-state index is 14.4. The summed E-state index contributed by atoms with van der Waals surface area (Å²) in [5, 5.41) is 11.1. The number of carbonyl (C=O) groups excluding carboxylic acids is 2. The van der Waals surface area contributed by atoms with Gasteiger partial charge in [-0.3, -0.25) is 19.7 Å². The minimum atomic E-state index is -1.05. The summed E-state index contributed by atoms with van der Waals surface area (Å²) in [5.74, 6) is -0.381. The summed E-state index contributed by atoms with van der Waals surface area (Å²) < 4.78 is 19.5. The van der Waals surface area contributed by atoms with E-state index < -0.39 is 28.2 Å². The third-order valence-corrected chi connectivity index (χ3v) is 4.17. The second-order valence-corrected chi connectivity index (χ2v) is 5.63. The second kappa shape index (κ2) is 6.36. The van der Waals surface area contributed by atoms with Crippen molar-refractivity contribution in [3.8, 4) is 18.1 Å². The van der Waals surface area contributed by atoms with Gasteiger partial charge in [0.15, 0.2) is 5.82 Å². The first-order valence-electron chi connectivity index (χ1n) is 7.60. The third kappa shape index (κ3) is 2.74. The minimum absolute atomic E-state index is 0.275. The van der Waals surface area contributed by atoms with Gasteiger partial charge in [-0.2, -0.15) is 0 Å². The standard InChI is InChI=1S/C17H13FN2O5/c1-2-7-25-15-9-13(12(18)8-14(15)20(23)24)19-16(21)10-5-3-4-6-11(10)17(19)22/h1,8-9H,3-7H2. The van der Waals surface area contributed by atoms with E-state index >= 15 is 0 Å². The molecule has 1 aromatic carbocycles. The van der Waals surface area contributed by atoms with E-state index in [9.17, 15) is 24.1 Å². The molecule has 1 heterocycles. The van der Waals surface area contributed by atoms with Gasteiger partial charge in [-0.05, 0) is 25.7 Å². The highest BCUT2D eigenvalue weighted by Crippen LogP contribution is 2.40. The molecule has 0 fully saturated rings. The highest BCUT2D eigenvalue weighted by atomic mass is 19.1. The van der Waals surface area contributed by atoms with Gasteiger partial charge in [0.05, 0.1) is 16.7 Å². The molecule has 0 atom stereocenters. The summed E-state index contributed by atoms with van der Waals surface area (Å²) in [6.45, 7) is -0.275. The summed E-state index contributed by atoms with van der Waals surface area (Å²) in [4.78, 5) is 36.0. The van der Waals surface area contributed by atoms with Crippen LogP contribution in [0.4, 0.5) is 15.8 Å². The van der Waals surface area contributed by atoms with E-state index in [1.807, 2.05) is 0 Å². The van der Waals surface area contributed by atoms with Gasteiger partial charge in [-0.15, -0.1) is 6.42 Å². The van der Waals surface area contributed by atoms with E-state index in [4.69, 9.17) is 11.2 Å². The predicted molar refractivity (Wildman–Crippen MR) is 85.4 cm³/mol. The number of rotatable bonds is 4. The van der Waals surface area contributed by atoms with Crippen LogP contribution in [0.15, 0.2) is 23.3 Å². The van der Waals surface area contributed by atoms with E-state index in [1.165, 1.54) is 0 Å². The van der Waals surface area contributed by atoms with Crippen LogP contribution < -0.4 is 9.64 Å². The molecular formula is C17H13FN2O5. The Kier molecular flexibility index (Phi) is 4.23. The zero-order valence-corrected chi connectivity index (χ0v) is 13.1. The van der Waals surface area contributed by atoms with Crippen molar-refractivity contribution in [3.05, 3.63) is 39.2 Å². The normalized spacial score (nSPS) is 16.7. The Morgan fingerprint density at radius 3 is 2.36 bits per heavy atom. The van der Waals surface area contributed by atoms with Crippen LogP contribution in [0.3, 0.4) is 0 Å². The van der Waals surface area contributed by atoms with Gasteiger partial charge in [0, 0.05) is 17.2 Å². The maximum absolute atomic E-state index is 14.4. The Bertz CT molecular complexity index is 841. The fraction of sp³-hybridized carbons (Fsp3) is 0.294. The third-order valence-electron chi connectivity index (χ3n) is 4.17. The molecule has 0 saturated carbocycles. The molecule has 0 saturated heterocycles. The molecule has 0 N–H and O–H groups in total. The van der Waals surface area contributed by atoms with Gasteiger partial charge in [0.25, 0.3) is 11.8 Å². The molecule has 1 aromatic rings. The smallest absolute Gasteiger partial charge is 0.314 e. The molecule has 2 amide bonds. The molecule has 25 heavy (non-hydrogen) atoms. The van der Waals surface area contributed by atoms with Crippen molar-refractivity contribution < 1.29 is 23.6 Å². The number of nitro benzene ring substituents is 1. The molecule has 2 aliphatic rings. The van der Waals surface area contributed by atoms with Gasteiger partial charge >= 0.3 is 5.69 Å². The molecule has 3 rings (SSSR count). The molecule has 7 nitrogen and oxygen atoms in total. The average molecular weight is 344 g/mol. The monoisotopic (exact) mass is 344 g/mol. The Balaban J connectivity index is 2.06. The summed E-state index contributed by atoms with van der Waals surface area (Å²) >= 11 is 0. The lowest BCUT2D eigenvalue weighted by atomic mass is 9.93. The van der Waals surface area contributed by atoms with Crippen molar-refractivity contribution in [2.24, 2.45) is 0 Å². The van der Waals surface area contributed by atoms with E-state index in [-0.39, 0.29) is 18.0 Å². The summed E-state index contributed by atoms with van der Waals surface area (Å²) in [7, 11) is 0. The number of hydrogen-bond acceptors (Lipinski definition) is 5. The average Bonchev–Trinajstić information content (AvgIpc) is 2.85. The number of amides is 2.